The van der Waals surface area contributed by atoms with E-state index in [4.69, 9.17) is 0 Å². The van der Waals surface area contributed by atoms with Gasteiger partial charge in [0.1, 0.15) is 0 Å². The summed E-state index contributed by atoms with van der Waals surface area (Å²) in [4.78, 5) is 28.7. The van der Waals surface area contributed by atoms with E-state index in [-0.39, 0.29) is 23.1 Å². The standard InChI is InChI=1S/C21H29N3O2/c1-3-11-24-15-17(14-19(24)25)20(26)22-16-21(9-12-23(2)13-10-21)18-7-5-4-6-8-18/h3-8,17H,1,9-16H2,2H3,(H,22,26). The molecule has 0 aliphatic carbocycles. The predicted octanol–water partition coefficient (Wildman–Crippen LogP) is 1.80. The molecular formula is C21H29N3O2. The largest absolute Gasteiger partial charge is 0.355 e. The van der Waals surface area contributed by atoms with E-state index in [1.807, 2.05) is 6.07 Å². The molecule has 2 aliphatic heterocycles. The van der Waals surface area contributed by atoms with E-state index in [0.717, 1.165) is 25.9 Å². The van der Waals surface area contributed by atoms with Crippen molar-refractivity contribution in [2.24, 2.45) is 5.92 Å². The number of hydrogen-bond acceptors (Lipinski definition) is 3. The average molecular weight is 355 g/mol. The Morgan fingerprint density at radius 2 is 2.00 bits per heavy atom. The first-order valence-corrected chi connectivity index (χ1v) is 9.44. The van der Waals surface area contributed by atoms with Crippen LogP contribution in [0, 0.1) is 5.92 Å². The highest BCUT2D eigenvalue weighted by molar-refractivity contribution is 5.89. The molecule has 1 aromatic carbocycles. The van der Waals surface area contributed by atoms with Crippen molar-refractivity contribution in [2.75, 3.05) is 39.8 Å². The minimum Gasteiger partial charge on any atom is -0.355 e. The molecule has 2 aliphatic rings. The third kappa shape index (κ3) is 3.98. The van der Waals surface area contributed by atoms with Crippen LogP contribution >= 0.6 is 0 Å². The number of carbonyl (C=O) groups excluding carboxylic acids is 2. The average Bonchev–Trinajstić information content (AvgIpc) is 3.03. The van der Waals surface area contributed by atoms with Gasteiger partial charge in [-0.3, -0.25) is 9.59 Å². The summed E-state index contributed by atoms with van der Waals surface area (Å²) in [6.45, 7) is 7.38. The fourth-order valence-electron chi connectivity index (χ4n) is 4.09. The Morgan fingerprint density at radius 3 is 2.65 bits per heavy atom. The molecule has 2 heterocycles. The van der Waals surface area contributed by atoms with E-state index in [9.17, 15) is 9.59 Å². The molecule has 0 bridgehead atoms. The van der Waals surface area contributed by atoms with Gasteiger partial charge in [-0.15, -0.1) is 6.58 Å². The highest BCUT2D eigenvalue weighted by Crippen LogP contribution is 2.34. The Bertz CT molecular complexity index is 650. The van der Waals surface area contributed by atoms with Gasteiger partial charge < -0.3 is 15.1 Å². The lowest BCUT2D eigenvalue weighted by Gasteiger charge is -2.41. The van der Waals surface area contributed by atoms with Gasteiger partial charge in [0.05, 0.1) is 5.92 Å². The summed E-state index contributed by atoms with van der Waals surface area (Å²) >= 11 is 0. The summed E-state index contributed by atoms with van der Waals surface area (Å²) in [7, 11) is 2.14. The third-order valence-corrected chi connectivity index (χ3v) is 5.87. The highest BCUT2D eigenvalue weighted by atomic mass is 16.2. The van der Waals surface area contributed by atoms with E-state index >= 15 is 0 Å². The Morgan fingerprint density at radius 1 is 1.31 bits per heavy atom. The number of amides is 2. The van der Waals surface area contributed by atoms with Crippen molar-refractivity contribution in [2.45, 2.75) is 24.7 Å². The number of nitrogens with zero attached hydrogens (tertiary/aromatic N) is 2. The molecule has 140 valence electrons. The lowest BCUT2D eigenvalue weighted by Crippen LogP contribution is -2.49. The van der Waals surface area contributed by atoms with Crippen LogP contribution in [0.1, 0.15) is 24.8 Å². The summed E-state index contributed by atoms with van der Waals surface area (Å²) in [5.41, 5.74) is 1.27. The Labute approximate surface area is 156 Å². The quantitative estimate of drug-likeness (QED) is 0.792. The highest BCUT2D eigenvalue weighted by Gasteiger charge is 2.38. The molecule has 2 fully saturated rings. The first-order chi connectivity index (χ1) is 12.5. The van der Waals surface area contributed by atoms with Crippen molar-refractivity contribution >= 4 is 11.8 Å². The van der Waals surface area contributed by atoms with Gasteiger partial charge in [0.25, 0.3) is 0 Å². The van der Waals surface area contributed by atoms with E-state index in [0.29, 0.717) is 26.1 Å². The molecule has 1 unspecified atom stereocenters. The monoisotopic (exact) mass is 355 g/mol. The smallest absolute Gasteiger partial charge is 0.225 e. The number of piperidine rings is 1. The van der Waals surface area contributed by atoms with Crippen LogP contribution in [0.2, 0.25) is 0 Å². The van der Waals surface area contributed by atoms with Gasteiger partial charge in [0.15, 0.2) is 0 Å². The number of likely N-dealkylation sites (tertiary alicyclic amines) is 2. The van der Waals surface area contributed by atoms with Crippen LogP contribution in [0.3, 0.4) is 0 Å². The molecule has 1 N–H and O–H groups in total. The molecule has 5 heteroatoms. The summed E-state index contributed by atoms with van der Waals surface area (Å²) < 4.78 is 0. The lowest BCUT2D eigenvalue weighted by atomic mass is 9.72. The zero-order valence-corrected chi connectivity index (χ0v) is 15.6. The molecular weight excluding hydrogens is 326 g/mol. The SMILES string of the molecule is C=CCN1CC(C(=O)NCC2(c3ccccc3)CCN(C)CC2)CC1=O. The van der Waals surface area contributed by atoms with Crippen molar-refractivity contribution in [1.29, 1.82) is 0 Å². The van der Waals surface area contributed by atoms with Gasteiger partial charge in [0, 0.05) is 31.5 Å². The zero-order valence-electron chi connectivity index (χ0n) is 15.6. The van der Waals surface area contributed by atoms with Crippen LogP contribution in [-0.2, 0) is 15.0 Å². The maximum atomic E-state index is 12.7. The summed E-state index contributed by atoms with van der Waals surface area (Å²) in [5, 5.41) is 3.17. The summed E-state index contributed by atoms with van der Waals surface area (Å²) in [5.74, 6) is -0.206. The second kappa shape index (κ2) is 8.04. The first kappa shape index (κ1) is 18.6. The van der Waals surface area contributed by atoms with E-state index in [2.05, 4.69) is 48.1 Å². The Hall–Kier alpha value is -2.14. The fraction of sp³-hybridized carbons (Fsp3) is 0.524. The molecule has 3 rings (SSSR count). The van der Waals surface area contributed by atoms with Crippen LogP contribution in [0.15, 0.2) is 43.0 Å². The molecule has 5 nitrogen and oxygen atoms in total. The minimum absolute atomic E-state index is 0.000790. The van der Waals surface area contributed by atoms with E-state index in [1.54, 1.807) is 11.0 Å². The molecule has 2 saturated heterocycles. The summed E-state index contributed by atoms with van der Waals surface area (Å²) in [6, 6.07) is 10.5. The first-order valence-electron chi connectivity index (χ1n) is 9.44. The lowest BCUT2D eigenvalue weighted by molar-refractivity contribution is -0.128. The molecule has 0 aromatic heterocycles. The van der Waals surface area contributed by atoms with Crippen molar-refractivity contribution in [1.82, 2.24) is 15.1 Å². The van der Waals surface area contributed by atoms with Gasteiger partial charge in [0.2, 0.25) is 11.8 Å². The second-order valence-corrected chi connectivity index (χ2v) is 7.66. The zero-order chi connectivity index (χ0) is 18.6. The molecule has 0 spiro atoms. The Kier molecular flexibility index (Phi) is 5.77. The maximum Gasteiger partial charge on any atom is 0.225 e. The van der Waals surface area contributed by atoms with Crippen LogP contribution in [0.5, 0.6) is 0 Å². The predicted molar refractivity (Wildman–Crippen MR) is 103 cm³/mol. The number of hydrogen-bond donors (Lipinski definition) is 1. The normalized spacial score (nSPS) is 23.0. The van der Waals surface area contributed by atoms with Crippen LogP contribution in [0.25, 0.3) is 0 Å². The number of nitrogens with one attached hydrogen (secondary N) is 1. The molecule has 0 saturated carbocycles. The van der Waals surface area contributed by atoms with Crippen LogP contribution in [0.4, 0.5) is 0 Å². The van der Waals surface area contributed by atoms with Crippen molar-refractivity contribution in [3.05, 3.63) is 48.6 Å². The molecule has 0 radical (unpaired) electrons. The van der Waals surface area contributed by atoms with Gasteiger partial charge in [-0.25, -0.2) is 0 Å². The van der Waals surface area contributed by atoms with E-state index < -0.39 is 0 Å². The number of benzene rings is 1. The maximum absolute atomic E-state index is 12.7. The van der Waals surface area contributed by atoms with Crippen molar-refractivity contribution in [3.63, 3.8) is 0 Å². The van der Waals surface area contributed by atoms with Gasteiger partial charge in [-0.05, 0) is 38.5 Å². The molecule has 1 aromatic rings. The Balaban J connectivity index is 1.66. The fourth-order valence-corrected chi connectivity index (χ4v) is 4.09. The van der Waals surface area contributed by atoms with Crippen molar-refractivity contribution < 1.29 is 9.59 Å². The number of carbonyl (C=O) groups is 2. The molecule has 26 heavy (non-hydrogen) atoms. The molecule has 2 amide bonds. The minimum atomic E-state index is -0.249. The second-order valence-electron chi connectivity index (χ2n) is 7.66. The van der Waals surface area contributed by atoms with Crippen LogP contribution in [-0.4, -0.2) is 61.4 Å². The van der Waals surface area contributed by atoms with Gasteiger partial charge >= 0.3 is 0 Å². The molecule has 1 atom stereocenters. The topological polar surface area (TPSA) is 52.7 Å². The van der Waals surface area contributed by atoms with E-state index in [1.165, 1.54) is 5.56 Å². The third-order valence-electron chi connectivity index (χ3n) is 5.87. The van der Waals surface area contributed by atoms with Gasteiger partial charge in [-0.2, -0.15) is 0 Å². The number of rotatable bonds is 6. The van der Waals surface area contributed by atoms with Crippen molar-refractivity contribution in [3.8, 4) is 0 Å². The van der Waals surface area contributed by atoms with Gasteiger partial charge in [-0.1, -0.05) is 36.4 Å². The summed E-state index contributed by atoms with van der Waals surface area (Å²) in [6.07, 6.45) is 4.07. The van der Waals surface area contributed by atoms with Crippen LogP contribution < -0.4 is 5.32 Å².